The maximum Gasteiger partial charge on any atom is 0.124 e. The van der Waals surface area contributed by atoms with Gasteiger partial charge in [0.15, 0.2) is 0 Å². The van der Waals surface area contributed by atoms with Crippen molar-refractivity contribution in [1.29, 1.82) is 0 Å². The maximum absolute atomic E-state index is 11.3. The standard InChI is InChI=1S/C38H65N5O12/c1-23-11-25(15-40-17-29(46)35(52)37(54)31(48)21-44)33(50)27(13-23)19-42-7-3-5-39-6-4-8-43(10-9-42)20-28-14-24(2)12-26(34(28)51)16-41-18-30(47)36(53)38(55)32(49)22-45/h11-14,29-32,35-41,44-55H,3-10,15-22H2,1-2H3. The summed E-state index contributed by atoms with van der Waals surface area (Å²) in [6.45, 7) is 7.91. The first kappa shape index (κ1) is 46.8. The third-order valence-electron chi connectivity index (χ3n) is 9.99. The van der Waals surface area contributed by atoms with E-state index in [1.807, 2.05) is 38.1 Å². The molecular formula is C38H65N5O12. The summed E-state index contributed by atoms with van der Waals surface area (Å²) < 4.78 is 0. The fourth-order valence-corrected chi connectivity index (χ4v) is 6.74. The van der Waals surface area contributed by atoms with Crippen LogP contribution in [0.3, 0.4) is 0 Å². The zero-order valence-corrected chi connectivity index (χ0v) is 32.0. The summed E-state index contributed by atoms with van der Waals surface area (Å²) in [5.74, 6) is 0.222. The van der Waals surface area contributed by atoms with E-state index < -0.39 is 62.0 Å². The zero-order valence-electron chi connectivity index (χ0n) is 32.0. The maximum atomic E-state index is 11.3. The first-order valence-electron chi connectivity index (χ1n) is 19.0. The van der Waals surface area contributed by atoms with Gasteiger partial charge in [-0.25, -0.2) is 0 Å². The Hall–Kier alpha value is -2.56. The van der Waals surface area contributed by atoms with Crippen molar-refractivity contribution < 1.29 is 61.3 Å². The van der Waals surface area contributed by atoms with Crippen LogP contribution in [0.4, 0.5) is 0 Å². The quantitative estimate of drug-likeness (QED) is 0.0619. The number of nitrogens with zero attached hydrogens (tertiary/aromatic N) is 2. The molecule has 1 aliphatic heterocycles. The minimum atomic E-state index is -1.73. The molecule has 0 aliphatic carbocycles. The lowest BCUT2D eigenvalue weighted by molar-refractivity contribution is -0.114. The van der Waals surface area contributed by atoms with Crippen LogP contribution in [0.25, 0.3) is 0 Å². The molecule has 17 nitrogen and oxygen atoms in total. The smallest absolute Gasteiger partial charge is 0.124 e. The van der Waals surface area contributed by atoms with E-state index in [1.54, 1.807) is 0 Å². The molecule has 17 heteroatoms. The molecule has 0 saturated carbocycles. The van der Waals surface area contributed by atoms with Gasteiger partial charge in [-0.15, -0.1) is 0 Å². The molecule has 1 saturated heterocycles. The Morgan fingerprint density at radius 3 is 1.25 bits per heavy atom. The lowest BCUT2D eigenvalue weighted by Crippen LogP contribution is -2.48. The fraction of sp³-hybridized carbons (Fsp3) is 0.684. The summed E-state index contributed by atoms with van der Waals surface area (Å²) in [4.78, 5) is 4.56. The topological polar surface area (TPSA) is 285 Å². The van der Waals surface area contributed by atoms with E-state index in [-0.39, 0.29) is 37.7 Å². The number of hydrogen-bond acceptors (Lipinski definition) is 17. The molecule has 1 fully saturated rings. The van der Waals surface area contributed by atoms with Gasteiger partial charge >= 0.3 is 0 Å². The molecule has 2 aromatic carbocycles. The number of nitrogens with one attached hydrogen (secondary N) is 3. The van der Waals surface area contributed by atoms with Crippen molar-refractivity contribution in [2.45, 2.75) is 102 Å². The van der Waals surface area contributed by atoms with E-state index in [2.05, 4.69) is 25.8 Å². The fourth-order valence-electron chi connectivity index (χ4n) is 6.74. The van der Waals surface area contributed by atoms with E-state index in [0.29, 0.717) is 37.3 Å². The third kappa shape index (κ3) is 14.7. The highest BCUT2D eigenvalue weighted by Gasteiger charge is 2.31. The van der Waals surface area contributed by atoms with Gasteiger partial charge in [0.2, 0.25) is 0 Å². The summed E-state index contributed by atoms with van der Waals surface area (Å²) in [5, 5.41) is 130. The SMILES string of the molecule is Cc1cc(CNCC(O)C(O)C(O)C(O)CO)c(O)c(CN2CCCNCCCN(Cc3cc(C)cc(CNCC(O)C(O)C(O)C(O)CO)c3O)CC2)c1. The van der Waals surface area contributed by atoms with Crippen LogP contribution >= 0.6 is 0 Å². The van der Waals surface area contributed by atoms with E-state index >= 15 is 0 Å². The normalized spacial score (nSPS) is 19.9. The third-order valence-corrected chi connectivity index (χ3v) is 9.99. The van der Waals surface area contributed by atoms with Crippen LogP contribution < -0.4 is 16.0 Å². The number of aliphatic hydroxyl groups is 10. The van der Waals surface area contributed by atoms with Crippen molar-refractivity contribution in [3.63, 3.8) is 0 Å². The summed E-state index contributed by atoms with van der Waals surface area (Å²) in [5.41, 5.74) is 4.51. The summed E-state index contributed by atoms with van der Waals surface area (Å²) in [6.07, 6.45) is -11.1. The van der Waals surface area contributed by atoms with Crippen molar-refractivity contribution in [3.05, 3.63) is 57.6 Å². The van der Waals surface area contributed by atoms with Crippen LogP contribution in [0.5, 0.6) is 11.5 Å². The van der Waals surface area contributed by atoms with Gasteiger partial charge in [0.1, 0.15) is 48.1 Å². The molecule has 55 heavy (non-hydrogen) atoms. The van der Waals surface area contributed by atoms with Gasteiger partial charge in [-0.2, -0.15) is 0 Å². The Bertz CT molecular complexity index is 1320. The van der Waals surface area contributed by atoms with E-state index in [0.717, 1.165) is 61.3 Å². The number of phenols is 2. The Balaban J connectivity index is 1.66. The van der Waals surface area contributed by atoms with Gasteiger partial charge in [0.05, 0.1) is 25.4 Å². The van der Waals surface area contributed by atoms with Crippen LogP contribution in [0.15, 0.2) is 24.3 Å². The second kappa shape index (κ2) is 23.6. The van der Waals surface area contributed by atoms with Crippen LogP contribution in [0, 0.1) is 13.8 Å². The highest BCUT2D eigenvalue weighted by molar-refractivity contribution is 5.44. The first-order valence-corrected chi connectivity index (χ1v) is 19.0. The second-order valence-corrected chi connectivity index (χ2v) is 14.7. The number of hydrogen-bond donors (Lipinski definition) is 15. The van der Waals surface area contributed by atoms with Crippen LogP contribution in [-0.2, 0) is 26.2 Å². The molecule has 0 aromatic heterocycles. The zero-order chi connectivity index (χ0) is 40.7. The van der Waals surface area contributed by atoms with E-state index in [4.69, 9.17) is 10.2 Å². The molecule has 8 unspecified atom stereocenters. The molecule has 0 amide bonds. The number of aryl methyl sites for hydroxylation is 2. The Kier molecular flexibility index (Phi) is 20.1. The number of aromatic hydroxyl groups is 2. The molecule has 3 rings (SSSR count). The average molecular weight is 784 g/mol. The molecule has 314 valence electrons. The average Bonchev–Trinajstić information content (AvgIpc) is 3.21. The van der Waals surface area contributed by atoms with Crippen molar-refractivity contribution in [3.8, 4) is 11.5 Å². The van der Waals surface area contributed by atoms with Gasteiger partial charge in [0, 0.05) is 74.6 Å². The van der Waals surface area contributed by atoms with Crippen molar-refractivity contribution in [1.82, 2.24) is 25.8 Å². The van der Waals surface area contributed by atoms with Crippen molar-refractivity contribution in [2.75, 3.05) is 65.6 Å². The largest absolute Gasteiger partial charge is 0.507 e. The molecule has 8 atom stereocenters. The molecule has 1 aliphatic rings. The van der Waals surface area contributed by atoms with Gasteiger partial charge in [-0.1, -0.05) is 35.4 Å². The Morgan fingerprint density at radius 2 is 0.891 bits per heavy atom. The van der Waals surface area contributed by atoms with Crippen molar-refractivity contribution in [2.24, 2.45) is 0 Å². The number of phenolic OH excluding ortho intramolecular Hbond substituents is 2. The summed E-state index contributed by atoms with van der Waals surface area (Å²) >= 11 is 0. The van der Waals surface area contributed by atoms with Gasteiger partial charge in [-0.05, 0) is 52.9 Å². The van der Waals surface area contributed by atoms with Crippen LogP contribution in [0.2, 0.25) is 0 Å². The summed E-state index contributed by atoms with van der Waals surface area (Å²) in [6, 6.07) is 7.53. The molecule has 0 bridgehead atoms. The molecule has 1 heterocycles. The minimum Gasteiger partial charge on any atom is -0.507 e. The number of rotatable bonds is 20. The minimum absolute atomic E-state index is 0.111. The van der Waals surface area contributed by atoms with Gasteiger partial charge in [-0.3, -0.25) is 9.80 Å². The van der Waals surface area contributed by atoms with Crippen molar-refractivity contribution >= 4 is 0 Å². The van der Waals surface area contributed by atoms with Gasteiger partial charge < -0.3 is 77.2 Å². The van der Waals surface area contributed by atoms with Gasteiger partial charge in [0.25, 0.3) is 0 Å². The first-order chi connectivity index (χ1) is 26.2. The monoisotopic (exact) mass is 783 g/mol. The van der Waals surface area contributed by atoms with Crippen LogP contribution in [0.1, 0.15) is 46.2 Å². The molecule has 2 aromatic rings. The lowest BCUT2D eigenvalue weighted by atomic mass is 10.0. The molecule has 15 N–H and O–H groups in total. The predicted molar refractivity (Wildman–Crippen MR) is 204 cm³/mol. The highest BCUT2D eigenvalue weighted by atomic mass is 16.4. The predicted octanol–water partition coefficient (Wildman–Crippen LogP) is -3.55. The number of aliphatic hydroxyl groups excluding tert-OH is 10. The summed E-state index contributed by atoms with van der Waals surface area (Å²) in [7, 11) is 0. The van der Waals surface area contributed by atoms with Crippen LogP contribution in [-0.4, -0.2) is 185 Å². The number of benzene rings is 2. The molecule has 0 spiro atoms. The highest BCUT2D eigenvalue weighted by Crippen LogP contribution is 2.28. The molecule has 0 radical (unpaired) electrons. The van der Waals surface area contributed by atoms with E-state index in [9.17, 15) is 51.1 Å². The Morgan fingerprint density at radius 1 is 0.545 bits per heavy atom. The second-order valence-electron chi connectivity index (χ2n) is 14.7. The Labute approximate surface area is 323 Å². The molecular weight excluding hydrogens is 718 g/mol. The van der Waals surface area contributed by atoms with E-state index in [1.165, 1.54) is 0 Å². The lowest BCUT2D eigenvalue weighted by Gasteiger charge is -2.28.